The number of hydrogen-bond donors (Lipinski definition) is 2. The number of hydrogen-bond acceptors (Lipinski definition) is 4. The molecule has 2 aromatic heterocycles. The second-order valence-electron chi connectivity index (χ2n) is 2.86. The molecule has 0 bridgehead atoms. The second kappa shape index (κ2) is 4.22. The van der Waals surface area contributed by atoms with E-state index in [0.29, 0.717) is 4.47 Å². The van der Waals surface area contributed by atoms with Crippen molar-refractivity contribution in [3.05, 3.63) is 35.1 Å². The molecule has 84 valence electrons. The highest BCUT2D eigenvalue weighted by Gasteiger charge is 2.17. The number of anilines is 1. The summed E-state index contributed by atoms with van der Waals surface area (Å²) in [5, 5.41) is 5.94. The van der Waals surface area contributed by atoms with E-state index in [1.54, 1.807) is 12.1 Å². The van der Waals surface area contributed by atoms with E-state index in [4.69, 9.17) is 0 Å². The van der Waals surface area contributed by atoms with Crippen LogP contribution >= 0.6 is 15.9 Å². The Hall–Kier alpha value is -1.41. The van der Waals surface area contributed by atoms with E-state index in [9.17, 15) is 8.42 Å². The molecule has 0 saturated carbocycles. The molecule has 0 fully saturated rings. The van der Waals surface area contributed by atoms with Crippen LogP contribution in [0, 0.1) is 0 Å². The van der Waals surface area contributed by atoms with E-state index in [0.717, 1.165) is 0 Å². The molecule has 2 aromatic rings. The lowest BCUT2D eigenvalue weighted by molar-refractivity contribution is 0.597. The Morgan fingerprint density at radius 2 is 2.12 bits per heavy atom. The van der Waals surface area contributed by atoms with E-state index in [1.165, 1.54) is 18.5 Å². The van der Waals surface area contributed by atoms with Gasteiger partial charge in [-0.25, -0.2) is 4.98 Å². The van der Waals surface area contributed by atoms with Crippen LogP contribution in [0.4, 0.5) is 5.82 Å². The number of aromatic amines is 1. The minimum atomic E-state index is -3.65. The normalized spacial score (nSPS) is 11.3. The number of rotatable bonds is 3. The molecule has 6 nitrogen and oxygen atoms in total. The van der Waals surface area contributed by atoms with Gasteiger partial charge in [-0.3, -0.25) is 9.82 Å². The Labute approximate surface area is 100 Å². The summed E-state index contributed by atoms with van der Waals surface area (Å²) >= 11 is 3.20. The van der Waals surface area contributed by atoms with Crippen molar-refractivity contribution in [2.75, 3.05) is 4.72 Å². The van der Waals surface area contributed by atoms with Crippen molar-refractivity contribution in [1.29, 1.82) is 0 Å². The van der Waals surface area contributed by atoms with Gasteiger partial charge in [0.05, 0.1) is 10.7 Å². The van der Waals surface area contributed by atoms with Gasteiger partial charge in [-0.2, -0.15) is 13.5 Å². The molecule has 0 aromatic carbocycles. The summed E-state index contributed by atoms with van der Waals surface area (Å²) in [7, 11) is -3.65. The van der Waals surface area contributed by atoms with Crippen LogP contribution in [0.15, 0.2) is 40.1 Å². The number of aromatic nitrogens is 3. The van der Waals surface area contributed by atoms with Gasteiger partial charge in [0.2, 0.25) is 0 Å². The monoisotopic (exact) mass is 302 g/mol. The van der Waals surface area contributed by atoms with Gasteiger partial charge in [0.1, 0.15) is 0 Å². The maximum Gasteiger partial charge on any atom is 0.280 e. The van der Waals surface area contributed by atoms with Crippen LogP contribution in [0.3, 0.4) is 0 Å². The van der Waals surface area contributed by atoms with Crippen LogP contribution in [0.25, 0.3) is 0 Å². The Morgan fingerprint density at radius 1 is 1.31 bits per heavy atom. The summed E-state index contributed by atoms with van der Waals surface area (Å²) in [5.74, 6) is 0.233. The molecule has 2 N–H and O–H groups in total. The first-order valence-electron chi connectivity index (χ1n) is 4.22. The fourth-order valence-corrected chi connectivity index (χ4v) is 2.46. The minimum absolute atomic E-state index is 0.00921. The van der Waals surface area contributed by atoms with Gasteiger partial charge in [-0.1, -0.05) is 0 Å². The second-order valence-corrected chi connectivity index (χ2v) is 5.37. The first kappa shape index (κ1) is 11.1. The summed E-state index contributed by atoms with van der Waals surface area (Å²) in [4.78, 5) is 3.90. The highest BCUT2D eigenvalue weighted by Crippen LogP contribution is 2.21. The molecule has 8 heteroatoms. The van der Waals surface area contributed by atoms with Crippen LogP contribution in [0.5, 0.6) is 0 Å². The zero-order chi connectivity index (χ0) is 11.6. The Morgan fingerprint density at radius 3 is 2.75 bits per heavy atom. The topological polar surface area (TPSA) is 87.7 Å². The van der Waals surface area contributed by atoms with Crippen LogP contribution in [0.2, 0.25) is 0 Å². The smallest absolute Gasteiger partial charge is 0.266 e. The van der Waals surface area contributed by atoms with Crippen molar-refractivity contribution in [3.63, 3.8) is 0 Å². The van der Waals surface area contributed by atoms with Crippen molar-refractivity contribution in [2.45, 2.75) is 5.03 Å². The fraction of sp³-hybridized carbons (Fsp3) is 0. The van der Waals surface area contributed by atoms with Gasteiger partial charge < -0.3 is 0 Å². The lowest BCUT2D eigenvalue weighted by Gasteiger charge is -2.06. The van der Waals surface area contributed by atoms with Crippen molar-refractivity contribution in [3.8, 4) is 0 Å². The van der Waals surface area contributed by atoms with Gasteiger partial charge in [0.15, 0.2) is 10.8 Å². The van der Waals surface area contributed by atoms with Crippen molar-refractivity contribution < 1.29 is 8.42 Å². The SMILES string of the molecule is O=S(=O)(Nc1ncccc1Br)c1ccn[nH]1. The van der Waals surface area contributed by atoms with Gasteiger partial charge in [-0.15, -0.1) is 0 Å². The maximum absolute atomic E-state index is 11.8. The lowest BCUT2D eigenvalue weighted by atomic mass is 10.5. The van der Waals surface area contributed by atoms with Crippen molar-refractivity contribution in [2.24, 2.45) is 0 Å². The summed E-state index contributed by atoms with van der Waals surface area (Å²) in [6, 6.07) is 4.75. The molecule has 0 aliphatic heterocycles. The molecule has 0 saturated heterocycles. The third-order valence-corrected chi connectivity index (χ3v) is 3.66. The molecule has 16 heavy (non-hydrogen) atoms. The molecular weight excluding hydrogens is 296 g/mol. The first-order chi connectivity index (χ1) is 7.59. The molecule has 0 atom stereocenters. The Balaban J connectivity index is 2.33. The third kappa shape index (κ3) is 2.22. The summed E-state index contributed by atoms with van der Waals surface area (Å²) in [5.41, 5.74) is 0. The molecular formula is C8H7BrN4O2S. The highest BCUT2D eigenvalue weighted by molar-refractivity contribution is 9.10. The van der Waals surface area contributed by atoms with Crippen LogP contribution in [-0.2, 0) is 10.0 Å². The number of nitrogens with zero attached hydrogens (tertiary/aromatic N) is 2. The van der Waals surface area contributed by atoms with Gasteiger partial charge >= 0.3 is 0 Å². The standard InChI is InChI=1S/C8H7BrN4O2S/c9-6-2-1-4-10-8(6)13-16(14,15)7-3-5-11-12-7/h1-5H,(H,10,13)(H,11,12). The van der Waals surface area contributed by atoms with E-state index in [2.05, 4.69) is 35.8 Å². The fourth-order valence-electron chi connectivity index (χ4n) is 1.04. The number of sulfonamides is 1. The largest absolute Gasteiger partial charge is 0.280 e. The number of halogens is 1. The van der Waals surface area contributed by atoms with E-state index < -0.39 is 10.0 Å². The van der Waals surface area contributed by atoms with Crippen molar-refractivity contribution in [1.82, 2.24) is 15.2 Å². The summed E-state index contributed by atoms with van der Waals surface area (Å²) in [6.45, 7) is 0. The Bertz CT molecular complexity index is 582. The lowest BCUT2D eigenvalue weighted by Crippen LogP contribution is -2.14. The molecule has 0 amide bonds. The van der Waals surface area contributed by atoms with Gasteiger partial charge in [-0.05, 0) is 34.1 Å². The average molecular weight is 303 g/mol. The van der Waals surface area contributed by atoms with E-state index >= 15 is 0 Å². The van der Waals surface area contributed by atoms with Gasteiger partial charge in [0, 0.05) is 6.20 Å². The molecule has 0 unspecified atom stereocenters. The minimum Gasteiger partial charge on any atom is -0.266 e. The molecule has 0 radical (unpaired) electrons. The molecule has 0 aliphatic carbocycles. The Kier molecular flexibility index (Phi) is 2.92. The molecule has 2 rings (SSSR count). The predicted molar refractivity (Wildman–Crippen MR) is 61.3 cm³/mol. The zero-order valence-electron chi connectivity index (χ0n) is 7.88. The summed E-state index contributed by atoms with van der Waals surface area (Å²) < 4.78 is 26.4. The third-order valence-electron chi connectivity index (χ3n) is 1.75. The van der Waals surface area contributed by atoms with Crippen LogP contribution in [0.1, 0.15) is 0 Å². The highest BCUT2D eigenvalue weighted by atomic mass is 79.9. The number of H-pyrrole nitrogens is 1. The number of pyridine rings is 1. The molecule has 2 heterocycles. The van der Waals surface area contributed by atoms with Crippen molar-refractivity contribution >= 4 is 31.8 Å². The average Bonchev–Trinajstić information content (AvgIpc) is 2.75. The zero-order valence-corrected chi connectivity index (χ0v) is 10.3. The van der Waals surface area contributed by atoms with E-state index in [1.807, 2.05) is 0 Å². The van der Waals surface area contributed by atoms with Crippen LogP contribution in [-0.4, -0.2) is 23.6 Å². The molecule has 0 aliphatic rings. The maximum atomic E-state index is 11.8. The predicted octanol–water partition coefficient (Wildman–Crippen LogP) is 1.37. The van der Waals surface area contributed by atoms with Gasteiger partial charge in [0.25, 0.3) is 10.0 Å². The molecule has 0 spiro atoms. The quantitative estimate of drug-likeness (QED) is 0.896. The summed E-state index contributed by atoms with van der Waals surface area (Å²) in [6.07, 6.45) is 2.86. The van der Waals surface area contributed by atoms with E-state index in [-0.39, 0.29) is 10.8 Å². The number of nitrogens with one attached hydrogen (secondary N) is 2. The van der Waals surface area contributed by atoms with Crippen LogP contribution < -0.4 is 4.72 Å². The first-order valence-corrected chi connectivity index (χ1v) is 6.50.